The van der Waals surface area contributed by atoms with E-state index < -0.39 is 6.10 Å². The minimum atomic E-state index is -0.451. The largest absolute Gasteiger partial charge is 0.391 e. The Morgan fingerprint density at radius 2 is 1.96 bits per heavy atom. The van der Waals surface area contributed by atoms with E-state index in [1.165, 1.54) is 18.4 Å². The summed E-state index contributed by atoms with van der Waals surface area (Å²) in [7, 11) is 0. The molecule has 1 fully saturated rings. The standard InChI is InChI=1S/C22H29N3O2/c1-2-15-10-12-17(13-11-15)25-19-9-5-8-18(19)21(24-25)22(27)23-14-20(26)16-6-3-4-7-16/h10-13,16,20,26H,2-9,14H2,1H3,(H,23,27). The monoisotopic (exact) mass is 367 g/mol. The number of carbonyl (C=O) groups is 1. The van der Waals surface area contributed by atoms with Gasteiger partial charge in [-0.15, -0.1) is 0 Å². The van der Waals surface area contributed by atoms with Gasteiger partial charge in [0.1, 0.15) is 0 Å². The summed E-state index contributed by atoms with van der Waals surface area (Å²) in [4.78, 5) is 12.8. The molecule has 1 saturated carbocycles. The number of hydrogen-bond donors (Lipinski definition) is 2. The fraction of sp³-hybridized carbons (Fsp3) is 0.545. The Balaban J connectivity index is 1.51. The van der Waals surface area contributed by atoms with Crippen LogP contribution in [0, 0.1) is 5.92 Å². The van der Waals surface area contributed by atoms with Crippen molar-refractivity contribution in [3.05, 3.63) is 46.8 Å². The van der Waals surface area contributed by atoms with Crippen LogP contribution in [0.1, 0.15) is 66.3 Å². The number of nitrogens with zero attached hydrogens (tertiary/aromatic N) is 2. The summed E-state index contributed by atoms with van der Waals surface area (Å²) >= 11 is 0. The number of fused-ring (bicyclic) bond motifs is 1. The average Bonchev–Trinajstić information content (AvgIpc) is 3.43. The quantitative estimate of drug-likeness (QED) is 0.824. The van der Waals surface area contributed by atoms with Crippen molar-refractivity contribution in [2.45, 2.75) is 64.4 Å². The summed E-state index contributed by atoms with van der Waals surface area (Å²) in [6.07, 6.45) is 7.97. The van der Waals surface area contributed by atoms with Gasteiger partial charge >= 0.3 is 0 Å². The number of amides is 1. The molecule has 1 atom stereocenters. The highest BCUT2D eigenvalue weighted by molar-refractivity contribution is 5.94. The Morgan fingerprint density at radius 3 is 2.67 bits per heavy atom. The van der Waals surface area contributed by atoms with Gasteiger partial charge in [-0.2, -0.15) is 5.10 Å². The zero-order valence-electron chi connectivity index (χ0n) is 16.1. The minimum Gasteiger partial charge on any atom is -0.391 e. The number of hydrogen-bond acceptors (Lipinski definition) is 3. The topological polar surface area (TPSA) is 67.2 Å². The molecule has 1 amide bonds. The van der Waals surface area contributed by atoms with Gasteiger partial charge in [0.15, 0.2) is 5.69 Å². The molecule has 144 valence electrons. The number of carbonyl (C=O) groups excluding carboxylic acids is 1. The van der Waals surface area contributed by atoms with Crippen LogP contribution in [0.3, 0.4) is 0 Å². The van der Waals surface area contributed by atoms with E-state index in [0.29, 0.717) is 18.2 Å². The molecule has 0 spiro atoms. The molecule has 4 rings (SSSR count). The second-order valence-electron chi connectivity index (χ2n) is 7.88. The second kappa shape index (κ2) is 7.85. The zero-order valence-corrected chi connectivity index (χ0v) is 16.1. The van der Waals surface area contributed by atoms with E-state index in [1.54, 1.807) is 0 Å². The molecule has 0 radical (unpaired) electrons. The van der Waals surface area contributed by atoms with Crippen LogP contribution in [0.5, 0.6) is 0 Å². The number of aromatic nitrogens is 2. The van der Waals surface area contributed by atoms with Gasteiger partial charge < -0.3 is 10.4 Å². The van der Waals surface area contributed by atoms with Crippen LogP contribution >= 0.6 is 0 Å². The smallest absolute Gasteiger partial charge is 0.272 e. The van der Waals surface area contributed by atoms with E-state index in [2.05, 4.69) is 41.6 Å². The fourth-order valence-corrected chi connectivity index (χ4v) is 4.50. The number of nitrogens with one attached hydrogen (secondary N) is 1. The lowest BCUT2D eigenvalue weighted by molar-refractivity contribution is 0.0835. The van der Waals surface area contributed by atoms with E-state index in [9.17, 15) is 9.90 Å². The maximum Gasteiger partial charge on any atom is 0.272 e. The number of aliphatic hydroxyl groups excluding tert-OH is 1. The van der Waals surface area contributed by atoms with Gasteiger partial charge in [0.05, 0.1) is 11.8 Å². The third kappa shape index (κ3) is 3.65. The van der Waals surface area contributed by atoms with Crippen LogP contribution in [0.25, 0.3) is 5.69 Å². The highest BCUT2D eigenvalue weighted by Gasteiger charge is 2.28. The van der Waals surface area contributed by atoms with Crippen LogP contribution in [0.15, 0.2) is 24.3 Å². The summed E-state index contributed by atoms with van der Waals surface area (Å²) in [6, 6.07) is 8.40. The third-order valence-corrected chi connectivity index (χ3v) is 6.15. The summed E-state index contributed by atoms with van der Waals surface area (Å²) in [6.45, 7) is 2.46. The number of benzene rings is 1. The predicted molar refractivity (Wildman–Crippen MR) is 105 cm³/mol. The second-order valence-corrected chi connectivity index (χ2v) is 7.88. The first-order chi connectivity index (χ1) is 13.2. The first-order valence-electron chi connectivity index (χ1n) is 10.3. The summed E-state index contributed by atoms with van der Waals surface area (Å²) in [5, 5.41) is 17.9. The molecular formula is C22H29N3O2. The maximum atomic E-state index is 12.8. The zero-order chi connectivity index (χ0) is 18.8. The molecule has 1 aromatic heterocycles. The first kappa shape index (κ1) is 18.2. The van der Waals surface area contributed by atoms with Crippen molar-refractivity contribution in [1.82, 2.24) is 15.1 Å². The van der Waals surface area contributed by atoms with E-state index in [0.717, 1.165) is 55.5 Å². The molecule has 2 N–H and O–H groups in total. The Bertz CT molecular complexity index is 804. The van der Waals surface area contributed by atoms with Crippen LogP contribution in [-0.2, 0) is 19.3 Å². The molecule has 2 aliphatic rings. The summed E-state index contributed by atoms with van der Waals surface area (Å²) < 4.78 is 1.93. The van der Waals surface area contributed by atoms with Crippen molar-refractivity contribution in [3.8, 4) is 5.69 Å². The van der Waals surface area contributed by atoms with Gasteiger partial charge in [-0.3, -0.25) is 4.79 Å². The third-order valence-electron chi connectivity index (χ3n) is 6.15. The van der Waals surface area contributed by atoms with Crippen molar-refractivity contribution in [1.29, 1.82) is 0 Å². The normalized spacial score (nSPS) is 17.9. The highest BCUT2D eigenvalue weighted by Crippen LogP contribution is 2.29. The molecule has 27 heavy (non-hydrogen) atoms. The average molecular weight is 367 g/mol. The van der Waals surface area contributed by atoms with Crippen LogP contribution in [0.2, 0.25) is 0 Å². The Morgan fingerprint density at radius 1 is 1.22 bits per heavy atom. The van der Waals surface area contributed by atoms with Gasteiger partial charge in [0.25, 0.3) is 5.91 Å². The fourth-order valence-electron chi connectivity index (χ4n) is 4.50. The molecule has 0 bridgehead atoms. The van der Waals surface area contributed by atoms with E-state index in [-0.39, 0.29) is 5.91 Å². The van der Waals surface area contributed by atoms with Crippen LogP contribution in [-0.4, -0.2) is 33.4 Å². The van der Waals surface area contributed by atoms with E-state index in [1.807, 2.05) is 4.68 Å². The first-order valence-corrected chi connectivity index (χ1v) is 10.3. The van der Waals surface area contributed by atoms with Crippen molar-refractivity contribution in [3.63, 3.8) is 0 Å². The van der Waals surface area contributed by atoms with Crippen molar-refractivity contribution < 1.29 is 9.90 Å². The molecule has 2 aromatic rings. The highest BCUT2D eigenvalue weighted by atomic mass is 16.3. The molecule has 1 heterocycles. The molecule has 0 aliphatic heterocycles. The maximum absolute atomic E-state index is 12.8. The van der Waals surface area contributed by atoms with Gasteiger partial charge in [0.2, 0.25) is 0 Å². The Kier molecular flexibility index (Phi) is 5.30. The van der Waals surface area contributed by atoms with Crippen molar-refractivity contribution >= 4 is 5.91 Å². The Hall–Kier alpha value is -2.14. The van der Waals surface area contributed by atoms with Crippen molar-refractivity contribution in [2.24, 2.45) is 5.92 Å². The van der Waals surface area contributed by atoms with Gasteiger partial charge in [-0.1, -0.05) is 31.9 Å². The molecule has 2 aliphatic carbocycles. The molecule has 5 nitrogen and oxygen atoms in total. The lowest BCUT2D eigenvalue weighted by Crippen LogP contribution is -2.36. The molecular weight excluding hydrogens is 338 g/mol. The molecule has 1 aromatic carbocycles. The van der Waals surface area contributed by atoms with Gasteiger partial charge in [-0.05, 0) is 62.1 Å². The van der Waals surface area contributed by atoms with E-state index >= 15 is 0 Å². The minimum absolute atomic E-state index is 0.158. The van der Waals surface area contributed by atoms with E-state index in [4.69, 9.17) is 0 Å². The summed E-state index contributed by atoms with van der Waals surface area (Å²) in [5.74, 6) is 0.166. The van der Waals surface area contributed by atoms with Crippen molar-refractivity contribution in [2.75, 3.05) is 6.54 Å². The van der Waals surface area contributed by atoms with Crippen LogP contribution < -0.4 is 5.32 Å². The number of rotatable bonds is 6. The van der Waals surface area contributed by atoms with Gasteiger partial charge in [0, 0.05) is 17.8 Å². The Labute approximate surface area is 160 Å². The van der Waals surface area contributed by atoms with Crippen LogP contribution in [0.4, 0.5) is 0 Å². The lowest BCUT2D eigenvalue weighted by Gasteiger charge is -2.17. The SMILES string of the molecule is CCc1ccc(-n2nc(C(=O)NCC(O)C3CCCC3)c3c2CCC3)cc1. The number of aryl methyl sites for hydroxylation is 1. The summed E-state index contributed by atoms with van der Waals surface area (Å²) in [5.41, 5.74) is 5.06. The molecule has 5 heteroatoms. The predicted octanol–water partition coefficient (Wildman–Crippen LogP) is 3.20. The number of aliphatic hydroxyl groups is 1. The molecule has 0 saturated heterocycles. The molecule has 1 unspecified atom stereocenters. The van der Waals surface area contributed by atoms with Gasteiger partial charge in [-0.25, -0.2) is 4.68 Å². The lowest BCUT2D eigenvalue weighted by atomic mass is 10.0.